The number of anilines is 2. The van der Waals surface area contributed by atoms with Crippen molar-refractivity contribution < 1.29 is 0 Å². The van der Waals surface area contributed by atoms with Gasteiger partial charge in [-0.2, -0.15) is 0 Å². The van der Waals surface area contributed by atoms with Gasteiger partial charge < -0.3 is 15.1 Å². The number of rotatable bonds is 7. The van der Waals surface area contributed by atoms with Crippen molar-refractivity contribution in [2.24, 2.45) is 0 Å². The zero-order chi connectivity index (χ0) is 14.4. The Bertz CT molecular complexity index is 410. The number of nitrogens with zero attached hydrogens (tertiary/aromatic N) is 3. The van der Waals surface area contributed by atoms with Crippen LogP contribution in [0, 0.1) is 0 Å². The van der Waals surface area contributed by atoms with Gasteiger partial charge in [0.05, 0.1) is 10.0 Å². The molecule has 1 N–H and O–H groups in total. The zero-order valence-corrected chi connectivity index (χ0v) is 13.5. The molecule has 1 rings (SSSR count). The van der Waals surface area contributed by atoms with Gasteiger partial charge in [0.1, 0.15) is 11.6 Å². The van der Waals surface area contributed by atoms with Crippen LogP contribution in [0.2, 0.25) is 10.0 Å². The van der Waals surface area contributed by atoms with E-state index in [0.717, 1.165) is 31.9 Å². The SMILES string of the molecule is CCCN(CCN(C)C)c1nc(NC)c(Cl)cc1Cl. The highest BCUT2D eigenvalue weighted by atomic mass is 35.5. The first kappa shape index (κ1) is 16.3. The molecule has 0 aliphatic rings. The summed E-state index contributed by atoms with van der Waals surface area (Å²) in [6.07, 6.45) is 1.04. The van der Waals surface area contributed by atoms with E-state index in [1.807, 2.05) is 0 Å². The average molecular weight is 305 g/mol. The van der Waals surface area contributed by atoms with Crippen LogP contribution >= 0.6 is 23.2 Å². The molecule has 1 aromatic heterocycles. The lowest BCUT2D eigenvalue weighted by atomic mass is 10.3. The number of aromatic nitrogens is 1. The molecule has 0 spiro atoms. The Hall–Kier alpha value is -0.710. The van der Waals surface area contributed by atoms with Crippen LogP contribution in [-0.2, 0) is 0 Å². The van der Waals surface area contributed by atoms with Crippen molar-refractivity contribution in [2.45, 2.75) is 13.3 Å². The van der Waals surface area contributed by atoms with Crippen molar-refractivity contribution in [1.82, 2.24) is 9.88 Å². The molecule has 0 amide bonds. The van der Waals surface area contributed by atoms with Crippen LogP contribution in [0.5, 0.6) is 0 Å². The van der Waals surface area contributed by atoms with Gasteiger partial charge in [0.25, 0.3) is 0 Å². The van der Waals surface area contributed by atoms with E-state index in [2.05, 4.69) is 41.1 Å². The van der Waals surface area contributed by atoms with Crippen molar-refractivity contribution in [1.29, 1.82) is 0 Å². The maximum absolute atomic E-state index is 6.27. The predicted molar refractivity (Wildman–Crippen MR) is 84.9 cm³/mol. The summed E-state index contributed by atoms with van der Waals surface area (Å²) in [5, 5.41) is 4.12. The van der Waals surface area contributed by atoms with E-state index >= 15 is 0 Å². The largest absolute Gasteiger partial charge is 0.372 e. The highest BCUT2D eigenvalue weighted by Gasteiger charge is 2.14. The molecule has 0 radical (unpaired) electrons. The van der Waals surface area contributed by atoms with Gasteiger partial charge in [0, 0.05) is 26.7 Å². The molecule has 0 atom stereocenters. The summed E-state index contributed by atoms with van der Waals surface area (Å²) >= 11 is 12.3. The van der Waals surface area contributed by atoms with Crippen LogP contribution in [0.3, 0.4) is 0 Å². The van der Waals surface area contributed by atoms with Gasteiger partial charge in [0.2, 0.25) is 0 Å². The smallest absolute Gasteiger partial charge is 0.149 e. The second-order valence-electron chi connectivity index (χ2n) is 4.66. The van der Waals surface area contributed by atoms with Gasteiger partial charge >= 0.3 is 0 Å². The van der Waals surface area contributed by atoms with Crippen LogP contribution in [0.25, 0.3) is 0 Å². The van der Waals surface area contributed by atoms with Gasteiger partial charge in [-0.15, -0.1) is 0 Å². The van der Waals surface area contributed by atoms with E-state index in [9.17, 15) is 0 Å². The first-order valence-electron chi connectivity index (χ1n) is 6.43. The van der Waals surface area contributed by atoms with Gasteiger partial charge in [-0.05, 0) is 26.6 Å². The normalized spacial score (nSPS) is 10.9. The maximum Gasteiger partial charge on any atom is 0.149 e. The Morgan fingerprint density at radius 3 is 2.37 bits per heavy atom. The summed E-state index contributed by atoms with van der Waals surface area (Å²) in [4.78, 5) is 8.86. The molecule has 6 heteroatoms. The Kier molecular flexibility index (Phi) is 6.69. The third-order valence-corrected chi connectivity index (χ3v) is 3.32. The fraction of sp³-hybridized carbons (Fsp3) is 0.615. The molecule has 0 aromatic carbocycles. The first-order valence-corrected chi connectivity index (χ1v) is 7.18. The molecule has 0 fully saturated rings. The number of hydrogen-bond acceptors (Lipinski definition) is 4. The van der Waals surface area contributed by atoms with E-state index in [0.29, 0.717) is 15.9 Å². The van der Waals surface area contributed by atoms with E-state index < -0.39 is 0 Å². The van der Waals surface area contributed by atoms with Gasteiger partial charge in [-0.25, -0.2) is 4.98 Å². The molecular weight excluding hydrogens is 283 g/mol. The Morgan fingerprint density at radius 2 is 1.84 bits per heavy atom. The van der Waals surface area contributed by atoms with Gasteiger partial charge in [-0.1, -0.05) is 30.1 Å². The molecule has 1 heterocycles. The molecular formula is C13H22Cl2N4. The molecule has 0 unspecified atom stereocenters. The van der Waals surface area contributed by atoms with E-state index in [1.54, 1.807) is 13.1 Å². The molecule has 0 saturated heterocycles. The predicted octanol–water partition coefficient (Wildman–Crippen LogP) is 3.21. The molecule has 0 bridgehead atoms. The summed E-state index contributed by atoms with van der Waals surface area (Å²) in [6.45, 7) is 4.91. The third kappa shape index (κ3) is 4.71. The Labute approximate surface area is 125 Å². The van der Waals surface area contributed by atoms with Gasteiger partial charge in [0.15, 0.2) is 0 Å². The monoisotopic (exact) mass is 304 g/mol. The van der Waals surface area contributed by atoms with E-state index in [-0.39, 0.29) is 0 Å². The van der Waals surface area contributed by atoms with Crippen LogP contribution in [0.15, 0.2) is 6.07 Å². The van der Waals surface area contributed by atoms with Crippen LogP contribution in [-0.4, -0.2) is 50.7 Å². The summed E-state index contributed by atoms with van der Waals surface area (Å²) < 4.78 is 0. The number of nitrogens with one attached hydrogen (secondary N) is 1. The minimum Gasteiger partial charge on any atom is -0.372 e. The fourth-order valence-electron chi connectivity index (χ4n) is 1.77. The number of likely N-dealkylation sites (N-methyl/N-ethyl adjacent to an activating group) is 1. The van der Waals surface area contributed by atoms with Crippen molar-refractivity contribution in [3.63, 3.8) is 0 Å². The molecule has 108 valence electrons. The Balaban J connectivity index is 3.00. The molecule has 19 heavy (non-hydrogen) atoms. The van der Waals surface area contributed by atoms with E-state index in [1.165, 1.54) is 0 Å². The van der Waals surface area contributed by atoms with Crippen LogP contribution in [0.1, 0.15) is 13.3 Å². The highest BCUT2D eigenvalue weighted by molar-refractivity contribution is 6.37. The third-order valence-electron chi connectivity index (χ3n) is 2.76. The lowest BCUT2D eigenvalue weighted by Crippen LogP contribution is -2.33. The number of pyridine rings is 1. The highest BCUT2D eigenvalue weighted by Crippen LogP contribution is 2.31. The summed E-state index contributed by atoms with van der Waals surface area (Å²) in [5.74, 6) is 1.45. The molecule has 1 aromatic rings. The molecule has 0 saturated carbocycles. The topological polar surface area (TPSA) is 31.4 Å². The molecule has 0 aliphatic carbocycles. The van der Waals surface area contributed by atoms with E-state index in [4.69, 9.17) is 23.2 Å². The second-order valence-corrected chi connectivity index (χ2v) is 5.48. The quantitative estimate of drug-likeness (QED) is 0.838. The fourth-order valence-corrected chi connectivity index (χ4v) is 2.34. The van der Waals surface area contributed by atoms with Crippen LogP contribution in [0.4, 0.5) is 11.6 Å². The lowest BCUT2D eigenvalue weighted by Gasteiger charge is -2.26. The maximum atomic E-state index is 6.27. The Morgan fingerprint density at radius 1 is 1.16 bits per heavy atom. The second kappa shape index (κ2) is 7.78. The zero-order valence-electron chi connectivity index (χ0n) is 12.0. The average Bonchev–Trinajstić information content (AvgIpc) is 2.35. The summed E-state index contributed by atoms with van der Waals surface area (Å²) in [5.41, 5.74) is 0. The standard InChI is InChI=1S/C13H22Cl2N4/c1-5-6-19(8-7-18(3)4)13-11(15)9-10(14)12(16-2)17-13/h9H,5-8H2,1-4H3,(H,16,17). The number of hydrogen-bond donors (Lipinski definition) is 1. The summed E-state index contributed by atoms with van der Waals surface area (Å²) in [7, 11) is 5.91. The van der Waals surface area contributed by atoms with Crippen molar-refractivity contribution >= 4 is 34.8 Å². The minimum absolute atomic E-state index is 0.542. The van der Waals surface area contributed by atoms with Crippen molar-refractivity contribution in [3.05, 3.63) is 16.1 Å². The van der Waals surface area contributed by atoms with Crippen molar-refractivity contribution in [2.75, 3.05) is 51.0 Å². The molecule has 4 nitrogen and oxygen atoms in total. The lowest BCUT2D eigenvalue weighted by molar-refractivity contribution is 0.412. The van der Waals surface area contributed by atoms with Gasteiger partial charge in [-0.3, -0.25) is 0 Å². The van der Waals surface area contributed by atoms with Crippen molar-refractivity contribution in [3.8, 4) is 0 Å². The number of halogens is 2. The summed E-state index contributed by atoms with van der Waals surface area (Å²) in [6, 6.07) is 1.75. The van der Waals surface area contributed by atoms with Crippen LogP contribution < -0.4 is 10.2 Å². The minimum atomic E-state index is 0.542. The molecule has 0 aliphatic heterocycles. The first-order chi connectivity index (χ1) is 8.99.